The number of nitrogens with zero attached hydrogens (tertiary/aromatic N) is 1. The van der Waals surface area contributed by atoms with Gasteiger partial charge in [-0.2, -0.15) is 0 Å². The lowest BCUT2D eigenvalue weighted by molar-refractivity contribution is -0.00852. The van der Waals surface area contributed by atoms with Gasteiger partial charge in [0.25, 0.3) is 0 Å². The Morgan fingerprint density at radius 2 is 2.05 bits per heavy atom. The number of rotatable bonds is 5. The molecule has 0 aromatic heterocycles. The second-order valence-electron chi connectivity index (χ2n) is 4.96. The van der Waals surface area contributed by atoms with Gasteiger partial charge in [0.2, 0.25) is 0 Å². The third-order valence-electron chi connectivity index (χ3n) is 3.49. The van der Waals surface area contributed by atoms with E-state index in [9.17, 15) is 9.18 Å². The number of hydrogen-bond acceptors (Lipinski definition) is 3. The van der Waals surface area contributed by atoms with E-state index in [4.69, 9.17) is 9.47 Å². The van der Waals surface area contributed by atoms with E-state index in [0.717, 1.165) is 12.8 Å². The van der Waals surface area contributed by atoms with Crippen molar-refractivity contribution < 1.29 is 18.7 Å². The molecule has 0 bridgehead atoms. The molecular weight excluding hydrogens is 275 g/mol. The molecule has 1 N–H and O–H groups in total. The van der Waals surface area contributed by atoms with E-state index in [2.05, 4.69) is 5.32 Å². The molecule has 21 heavy (non-hydrogen) atoms. The van der Waals surface area contributed by atoms with Gasteiger partial charge in [-0.3, -0.25) is 0 Å². The first kappa shape index (κ1) is 15.7. The van der Waals surface area contributed by atoms with E-state index < -0.39 is 5.82 Å². The molecule has 2 rings (SSSR count). The number of amides is 2. The molecular formula is C15H21FN2O3. The number of carbonyl (C=O) groups is 1. The molecule has 0 atom stereocenters. The summed E-state index contributed by atoms with van der Waals surface area (Å²) in [4.78, 5) is 13.8. The van der Waals surface area contributed by atoms with Gasteiger partial charge in [0.05, 0.1) is 25.0 Å². The highest BCUT2D eigenvalue weighted by atomic mass is 19.1. The van der Waals surface area contributed by atoms with Crippen molar-refractivity contribution in [1.82, 2.24) is 4.90 Å². The van der Waals surface area contributed by atoms with Crippen molar-refractivity contribution in [3.63, 3.8) is 0 Å². The third kappa shape index (κ3) is 4.68. The molecule has 116 valence electrons. The summed E-state index contributed by atoms with van der Waals surface area (Å²) < 4.78 is 24.1. The van der Waals surface area contributed by atoms with Crippen LogP contribution in [0.2, 0.25) is 0 Å². The highest BCUT2D eigenvalue weighted by Gasteiger charge is 2.23. The van der Waals surface area contributed by atoms with E-state index in [1.54, 1.807) is 30.2 Å². The summed E-state index contributed by atoms with van der Waals surface area (Å²) in [5.74, 6) is -0.427. The van der Waals surface area contributed by atoms with Gasteiger partial charge in [0, 0.05) is 20.2 Å². The quantitative estimate of drug-likeness (QED) is 0.849. The van der Waals surface area contributed by atoms with E-state index in [0.29, 0.717) is 26.3 Å². The monoisotopic (exact) mass is 296 g/mol. The second kappa shape index (κ2) is 7.95. The fraction of sp³-hybridized carbons (Fsp3) is 0.533. The summed E-state index contributed by atoms with van der Waals surface area (Å²) in [6, 6.07) is 5.89. The summed E-state index contributed by atoms with van der Waals surface area (Å²) in [6.07, 6.45) is 1.74. The van der Waals surface area contributed by atoms with E-state index in [1.807, 2.05) is 0 Å². The largest absolute Gasteiger partial charge is 0.382 e. The summed E-state index contributed by atoms with van der Waals surface area (Å²) in [5.41, 5.74) is 0.209. The zero-order chi connectivity index (χ0) is 15.1. The molecule has 1 aliphatic rings. The number of likely N-dealkylation sites (tertiary alicyclic amines) is 1. The second-order valence-corrected chi connectivity index (χ2v) is 4.96. The maximum Gasteiger partial charge on any atom is 0.321 e. The van der Waals surface area contributed by atoms with Gasteiger partial charge in [-0.15, -0.1) is 0 Å². The van der Waals surface area contributed by atoms with Crippen molar-refractivity contribution in [1.29, 1.82) is 0 Å². The fourth-order valence-electron chi connectivity index (χ4n) is 2.28. The smallest absolute Gasteiger partial charge is 0.321 e. The third-order valence-corrected chi connectivity index (χ3v) is 3.49. The molecule has 0 spiro atoms. The van der Waals surface area contributed by atoms with Gasteiger partial charge >= 0.3 is 6.03 Å². The van der Waals surface area contributed by atoms with Crippen LogP contribution in [0.15, 0.2) is 24.3 Å². The lowest BCUT2D eigenvalue weighted by Gasteiger charge is -2.32. The average Bonchev–Trinajstić information content (AvgIpc) is 2.50. The number of piperidine rings is 1. The molecule has 1 heterocycles. The summed E-state index contributed by atoms with van der Waals surface area (Å²) in [5, 5.41) is 2.60. The highest BCUT2D eigenvalue weighted by Crippen LogP contribution is 2.17. The zero-order valence-electron chi connectivity index (χ0n) is 12.2. The Labute approximate surface area is 124 Å². The lowest BCUT2D eigenvalue weighted by atomic mass is 10.1. The first-order valence-electron chi connectivity index (χ1n) is 7.11. The number of urea groups is 1. The van der Waals surface area contributed by atoms with Crippen molar-refractivity contribution in [3.05, 3.63) is 30.1 Å². The molecule has 1 saturated heterocycles. The van der Waals surface area contributed by atoms with Crippen molar-refractivity contribution in [3.8, 4) is 0 Å². The molecule has 0 radical (unpaired) electrons. The molecule has 0 unspecified atom stereocenters. The van der Waals surface area contributed by atoms with Gasteiger partial charge in [0.15, 0.2) is 0 Å². The molecule has 1 aromatic carbocycles. The van der Waals surface area contributed by atoms with Crippen LogP contribution in [0.4, 0.5) is 14.9 Å². The van der Waals surface area contributed by atoms with Crippen LogP contribution in [0.3, 0.4) is 0 Å². The summed E-state index contributed by atoms with van der Waals surface area (Å²) in [7, 11) is 1.64. The Balaban J connectivity index is 1.77. The van der Waals surface area contributed by atoms with Gasteiger partial charge in [-0.1, -0.05) is 12.1 Å². The van der Waals surface area contributed by atoms with Crippen molar-refractivity contribution in [2.45, 2.75) is 18.9 Å². The number of ether oxygens (including phenoxy) is 2. The molecule has 1 aliphatic heterocycles. The first-order valence-corrected chi connectivity index (χ1v) is 7.11. The number of nitrogens with one attached hydrogen (secondary N) is 1. The van der Waals surface area contributed by atoms with Gasteiger partial charge in [-0.05, 0) is 25.0 Å². The number of hydrogen-bond donors (Lipinski definition) is 1. The van der Waals surface area contributed by atoms with Crippen LogP contribution >= 0.6 is 0 Å². The minimum absolute atomic E-state index is 0.165. The molecule has 5 nitrogen and oxygen atoms in total. The minimum atomic E-state index is -0.427. The van der Waals surface area contributed by atoms with Gasteiger partial charge in [-0.25, -0.2) is 9.18 Å². The fourth-order valence-corrected chi connectivity index (χ4v) is 2.28. The summed E-state index contributed by atoms with van der Waals surface area (Å²) in [6.45, 7) is 2.37. The predicted octanol–water partition coefficient (Wildman–Crippen LogP) is 2.49. The van der Waals surface area contributed by atoms with Gasteiger partial charge < -0.3 is 19.7 Å². The van der Waals surface area contributed by atoms with Crippen LogP contribution in [0, 0.1) is 5.82 Å². The first-order chi connectivity index (χ1) is 10.2. The number of methoxy groups -OCH3 is 1. The predicted molar refractivity (Wildman–Crippen MR) is 77.8 cm³/mol. The van der Waals surface area contributed by atoms with Crippen LogP contribution in [-0.4, -0.2) is 50.4 Å². The van der Waals surface area contributed by atoms with E-state index in [1.165, 1.54) is 6.07 Å². The lowest BCUT2D eigenvalue weighted by Crippen LogP contribution is -2.43. The van der Waals surface area contributed by atoms with E-state index in [-0.39, 0.29) is 17.8 Å². The van der Waals surface area contributed by atoms with Crippen LogP contribution in [0.5, 0.6) is 0 Å². The van der Waals surface area contributed by atoms with E-state index >= 15 is 0 Å². The van der Waals surface area contributed by atoms with Crippen LogP contribution in [0.1, 0.15) is 12.8 Å². The Morgan fingerprint density at radius 1 is 1.33 bits per heavy atom. The Morgan fingerprint density at radius 3 is 2.71 bits per heavy atom. The average molecular weight is 296 g/mol. The van der Waals surface area contributed by atoms with Crippen molar-refractivity contribution in [2.24, 2.45) is 0 Å². The zero-order valence-corrected chi connectivity index (χ0v) is 12.2. The maximum atomic E-state index is 13.5. The molecule has 0 aliphatic carbocycles. The molecule has 1 aromatic rings. The maximum absolute atomic E-state index is 13.5. The summed E-state index contributed by atoms with van der Waals surface area (Å²) >= 11 is 0. The standard InChI is InChI=1S/C15H21FN2O3/c1-20-10-11-21-12-6-8-18(9-7-12)15(19)17-14-5-3-2-4-13(14)16/h2-5,12H,6-11H2,1H3,(H,17,19). The number of anilines is 1. The molecule has 0 saturated carbocycles. The SMILES string of the molecule is COCCOC1CCN(C(=O)Nc2ccccc2F)CC1. The molecule has 2 amide bonds. The Bertz CT molecular complexity index is 462. The molecule has 1 fully saturated rings. The Kier molecular flexibility index (Phi) is 5.95. The Hall–Kier alpha value is -1.66. The molecule has 6 heteroatoms. The van der Waals surface area contributed by atoms with Crippen LogP contribution in [-0.2, 0) is 9.47 Å². The van der Waals surface area contributed by atoms with Crippen molar-refractivity contribution in [2.75, 3.05) is 38.7 Å². The number of benzene rings is 1. The highest BCUT2D eigenvalue weighted by molar-refractivity contribution is 5.89. The minimum Gasteiger partial charge on any atom is -0.382 e. The number of halogens is 1. The van der Waals surface area contributed by atoms with Crippen LogP contribution < -0.4 is 5.32 Å². The van der Waals surface area contributed by atoms with Crippen LogP contribution in [0.25, 0.3) is 0 Å². The van der Waals surface area contributed by atoms with Crippen molar-refractivity contribution >= 4 is 11.7 Å². The normalized spacial score (nSPS) is 16.0. The number of para-hydroxylation sites is 1. The number of carbonyl (C=O) groups excluding carboxylic acids is 1. The topological polar surface area (TPSA) is 50.8 Å². The van der Waals surface area contributed by atoms with Gasteiger partial charge in [0.1, 0.15) is 5.82 Å².